The van der Waals surface area contributed by atoms with E-state index < -0.39 is 0 Å². The molecule has 2 aromatic rings. The van der Waals surface area contributed by atoms with E-state index in [-0.39, 0.29) is 24.3 Å². The molecule has 0 aromatic heterocycles. The molecule has 0 bridgehead atoms. The van der Waals surface area contributed by atoms with E-state index in [1.807, 2.05) is 6.07 Å². The van der Waals surface area contributed by atoms with Crippen molar-refractivity contribution in [2.75, 3.05) is 26.8 Å². The molecule has 1 N–H and O–H groups in total. The van der Waals surface area contributed by atoms with Crippen LogP contribution in [0.1, 0.15) is 36.2 Å². The van der Waals surface area contributed by atoms with Gasteiger partial charge in [-0.3, -0.25) is 14.5 Å². The first-order chi connectivity index (χ1) is 14.5. The SMILES string of the molecule is COc1cc(C(C)=O)ccc1OCC(=O)N[C@@H]1CCN(Cc2ccccc2)C[C@@H]1C. The second-order valence-corrected chi connectivity index (χ2v) is 7.87. The van der Waals surface area contributed by atoms with E-state index in [0.717, 1.165) is 26.1 Å². The predicted molar refractivity (Wildman–Crippen MR) is 116 cm³/mol. The van der Waals surface area contributed by atoms with Gasteiger partial charge in [0.1, 0.15) is 0 Å². The Morgan fingerprint density at radius 3 is 2.57 bits per heavy atom. The van der Waals surface area contributed by atoms with E-state index in [1.54, 1.807) is 18.2 Å². The van der Waals surface area contributed by atoms with Crippen LogP contribution in [0.25, 0.3) is 0 Å². The first-order valence-electron chi connectivity index (χ1n) is 10.3. The summed E-state index contributed by atoms with van der Waals surface area (Å²) in [4.78, 5) is 26.4. The predicted octanol–water partition coefficient (Wildman–Crippen LogP) is 3.30. The van der Waals surface area contributed by atoms with Crippen molar-refractivity contribution in [2.24, 2.45) is 5.92 Å². The van der Waals surface area contributed by atoms with Crippen molar-refractivity contribution in [3.05, 3.63) is 59.7 Å². The molecule has 1 aliphatic heterocycles. The smallest absolute Gasteiger partial charge is 0.258 e. The van der Waals surface area contributed by atoms with Crippen LogP contribution in [0.3, 0.4) is 0 Å². The highest BCUT2D eigenvalue weighted by atomic mass is 16.5. The molecular formula is C24H30N2O4. The molecule has 0 aliphatic carbocycles. The van der Waals surface area contributed by atoms with Crippen LogP contribution in [0, 0.1) is 5.92 Å². The van der Waals surface area contributed by atoms with Crippen molar-refractivity contribution in [3.63, 3.8) is 0 Å². The zero-order chi connectivity index (χ0) is 21.5. The van der Waals surface area contributed by atoms with Crippen LogP contribution >= 0.6 is 0 Å². The Labute approximate surface area is 178 Å². The third-order valence-electron chi connectivity index (χ3n) is 5.51. The third kappa shape index (κ3) is 5.83. The topological polar surface area (TPSA) is 67.9 Å². The molecule has 3 rings (SSSR count). The summed E-state index contributed by atoms with van der Waals surface area (Å²) < 4.78 is 10.9. The number of rotatable bonds is 8. The molecule has 0 radical (unpaired) electrons. The minimum absolute atomic E-state index is 0.0508. The van der Waals surface area contributed by atoms with Gasteiger partial charge in [0.15, 0.2) is 23.9 Å². The average molecular weight is 411 g/mol. The summed E-state index contributed by atoms with van der Waals surface area (Å²) in [6, 6.07) is 15.5. The Kier molecular flexibility index (Phi) is 7.46. The summed E-state index contributed by atoms with van der Waals surface area (Å²) in [5.74, 6) is 1.04. The standard InChI is InChI=1S/C24H30N2O4/c1-17-14-26(15-19-7-5-4-6-8-19)12-11-21(17)25-24(28)16-30-22-10-9-20(18(2)27)13-23(22)29-3/h4-10,13,17,21H,11-12,14-16H2,1-3H3,(H,25,28)/t17-,21+/m0/s1. The minimum Gasteiger partial charge on any atom is -0.493 e. The van der Waals surface area contributed by atoms with Gasteiger partial charge in [0.25, 0.3) is 5.91 Å². The number of Topliss-reactive ketones (excluding diaryl/α,β-unsaturated/α-hetero) is 1. The number of methoxy groups -OCH3 is 1. The Balaban J connectivity index is 1.48. The van der Waals surface area contributed by atoms with E-state index in [0.29, 0.717) is 23.0 Å². The summed E-state index contributed by atoms with van der Waals surface area (Å²) in [5.41, 5.74) is 1.85. The van der Waals surface area contributed by atoms with Crippen molar-refractivity contribution in [2.45, 2.75) is 32.9 Å². The second-order valence-electron chi connectivity index (χ2n) is 7.87. The molecule has 0 saturated carbocycles. The number of hydrogen-bond donors (Lipinski definition) is 1. The number of nitrogens with one attached hydrogen (secondary N) is 1. The molecule has 1 aliphatic rings. The van der Waals surface area contributed by atoms with Gasteiger partial charge < -0.3 is 14.8 Å². The van der Waals surface area contributed by atoms with Crippen LogP contribution in [0.2, 0.25) is 0 Å². The number of ether oxygens (including phenoxy) is 2. The number of amides is 1. The van der Waals surface area contributed by atoms with Crippen molar-refractivity contribution in [3.8, 4) is 11.5 Å². The lowest BCUT2D eigenvalue weighted by Crippen LogP contribution is -2.50. The highest BCUT2D eigenvalue weighted by molar-refractivity contribution is 5.94. The summed E-state index contributed by atoms with van der Waals surface area (Å²) in [6.45, 7) is 6.41. The Hall–Kier alpha value is -2.86. The van der Waals surface area contributed by atoms with Crippen LogP contribution in [0.15, 0.2) is 48.5 Å². The molecular weight excluding hydrogens is 380 g/mol. The van der Waals surface area contributed by atoms with Crippen LogP contribution in [-0.2, 0) is 11.3 Å². The molecule has 6 nitrogen and oxygen atoms in total. The first kappa shape index (κ1) is 21.8. The average Bonchev–Trinajstić information content (AvgIpc) is 2.74. The summed E-state index contributed by atoms with van der Waals surface area (Å²) in [5, 5.41) is 3.10. The highest BCUT2D eigenvalue weighted by Crippen LogP contribution is 2.28. The summed E-state index contributed by atoms with van der Waals surface area (Å²) in [7, 11) is 1.51. The van der Waals surface area contributed by atoms with Gasteiger partial charge in [0.05, 0.1) is 7.11 Å². The zero-order valence-electron chi connectivity index (χ0n) is 17.9. The maximum Gasteiger partial charge on any atom is 0.258 e. The van der Waals surface area contributed by atoms with Gasteiger partial charge in [-0.05, 0) is 43.0 Å². The van der Waals surface area contributed by atoms with Gasteiger partial charge >= 0.3 is 0 Å². The monoisotopic (exact) mass is 410 g/mol. The number of ketones is 1. The molecule has 30 heavy (non-hydrogen) atoms. The van der Waals surface area contributed by atoms with Gasteiger partial charge in [-0.25, -0.2) is 0 Å². The van der Waals surface area contributed by atoms with E-state index in [9.17, 15) is 9.59 Å². The second kappa shape index (κ2) is 10.3. The molecule has 1 fully saturated rings. The van der Waals surface area contributed by atoms with E-state index in [2.05, 4.69) is 41.4 Å². The fourth-order valence-electron chi connectivity index (χ4n) is 3.83. The maximum absolute atomic E-state index is 12.4. The number of nitrogens with zero attached hydrogens (tertiary/aromatic N) is 1. The molecule has 1 saturated heterocycles. The van der Waals surface area contributed by atoms with Gasteiger partial charge in [-0.15, -0.1) is 0 Å². The van der Waals surface area contributed by atoms with Gasteiger partial charge in [-0.1, -0.05) is 37.3 Å². The van der Waals surface area contributed by atoms with Crippen molar-refractivity contribution in [1.82, 2.24) is 10.2 Å². The molecule has 6 heteroatoms. The number of carbonyl (C=O) groups excluding carboxylic acids is 2. The lowest BCUT2D eigenvalue weighted by molar-refractivity contribution is -0.124. The van der Waals surface area contributed by atoms with Crippen LogP contribution in [0.5, 0.6) is 11.5 Å². The molecule has 0 unspecified atom stereocenters. The molecule has 160 valence electrons. The number of benzene rings is 2. The molecule has 1 amide bonds. The van der Waals surface area contributed by atoms with Crippen LogP contribution in [-0.4, -0.2) is 49.4 Å². The van der Waals surface area contributed by atoms with Crippen LogP contribution < -0.4 is 14.8 Å². The number of hydrogen-bond acceptors (Lipinski definition) is 5. The lowest BCUT2D eigenvalue weighted by Gasteiger charge is -2.37. The number of carbonyl (C=O) groups is 2. The summed E-state index contributed by atoms with van der Waals surface area (Å²) >= 11 is 0. The number of likely N-dealkylation sites (tertiary alicyclic amines) is 1. The fraction of sp³-hybridized carbons (Fsp3) is 0.417. The maximum atomic E-state index is 12.4. The van der Waals surface area contributed by atoms with Gasteiger partial charge in [-0.2, -0.15) is 0 Å². The molecule has 2 atom stereocenters. The Morgan fingerprint density at radius 1 is 1.13 bits per heavy atom. The largest absolute Gasteiger partial charge is 0.493 e. The van der Waals surface area contributed by atoms with Crippen molar-refractivity contribution >= 4 is 11.7 Å². The zero-order valence-corrected chi connectivity index (χ0v) is 17.9. The van der Waals surface area contributed by atoms with E-state index in [1.165, 1.54) is 19.6 Å². The number of piperidine rings is 1. The molecule has 1 heterocycles. The molecule has 2 aromatic carbocycles. The van der Waals surface area contributed by atoms with Gasteiger partial charge in [0.2, 0.25) is 0 Å². The fourth-order valence-corrected chi connectivity index (χ4v) is 3.83. The third-order valence-corrected chi connectivity index (χ3v) is 5.51. The Morgan fingerprint density at radius 2 is 1.90 bits per heavy atom. The Bertz CT molecular complexity index is 869. The van der Waals surface area contributed by atoms with E-state index in [4.69, 9.17) is 9.47 Å². The quantitative estimate of drug-likeness (QED) is 0.677. The van der Waals surface area contributed by atoms with E-state index >= 15 is 0 Å². The molecule has 0 spiro atoms. The van der Waals surface area contributed by atoms with Gasteiger partial charge in [0, 0.05) is 31.2 Å². The lowest BCUT2D eigenvalue weighted by atomic mass is 9.93. The highest BCUT2D eigenvalue weighted by Gasteiger charge is 2.27. The van der Waals surface area contributed by atoms with Crippen LogP contribution in [0.4, 0.5) is 0 Å². The minimum atomic E-state index is -0.152. The van der Waals surface area contributed by atoms with Crippen molar-refractivity contribution in [1.29, 1.82) is 0 Å². The summed E-state index contributed by atoms with van der Waals surface area (Å²) in [6.07, 6.45) is 0.913. The van der Waals surface area contributed by atoms with Crippen molar-refractivity contribution < 1.29 is 19.1 Å². The first-order valence-corrected chi connectivity index (χ1v) is 10.3. The normalized spacial score (nSPS) is 19.2.